The first-order chi connectivity index (χ1) is 6.07. The molecular formula is C8H7Br2NO2. The number of carbonyl (C=O) groups is 1. The van der Waals surface area contributed by atoms with Crippen LogP contribution in [0.5, 0.6) is 0 Å². The molecular weight excluding hydrogens is 302 g/mol. The van der Waals surface area contributed by atoms with Gasteiger partial charge in [0.25, 0.3) is 0 Å². The molecule has 3 nitrogen and oxygen atoms in total. The molecule has 0 aliphatic carbocycles. The van der Waals surface area contributed by atoms with Crippen LogP contribution in [0.3, 0.4) is 0 Å². The second-order valence-corrected chi connectivity index (χ2v) is 3.96. The molecule has 0 saturated carbocycles. The smallest absolute Gasteiger partial charge is 0.339 e. The summed E-state index contributed by atoms with van der Waals surface area (Å²) in [6, 6.07) is 3.34. The van der Waals surface area contributed by atoms with Crippen LogP contribution in [0.25, 0.3) is 0 Å². The Morgan fingerprint density at radius 1 is 1.46 bits per heavy atom. The Labute approximate surface area is 92.5 Å². The van der Waals surface area contributed by atoms with E-state index in [1.807, 2.05) is 0 Å². The highest BCUT2D eigenvalue weighted by Gasteiger charge is 2.13. The van der Waals surface area contributed by atoms with Gasteiger partial charge in [-0.1, -0.05) is 0 Å². The van der Waals surface area contributed by atoms with Crippen molar-refractivity contribution in [3.8, 4) is 0 Å². The van der Waals surface area contributed by atoms with E-state index >= 15 is 0 Å². The number of methoxy groups -OCH3 is 1. The number of anilines is 1. The van der Waals surface area contributed by atoms with Gasteiger partial charge in [0.05, 0.1) is 22.8 Å². The van der Waals surface area contributed by atoms with Gasteiger partial charge in [0, 0.05) is 4.47 Å². The molecule has 70 valence electrons. The SMILES string of the molecule is COC(=O)c1ccc(Br)c(N)c1Br. The number of ether oxygens (including phenoxy) is 1. The fourth-order valence-corrected chi connectivity index (χ4v) is 1.94. The van der Waals surface area contributed by atoms with Gasteiger partial charge in [-0.05, 0) is 44.0 Å². The minimum absolute atomic E-state index is 0.411. The lowest BCUT2D eigenvalue weighted by Crippen LogP contribution is -2.04. The fraction of sp³-hybridized carbons (Fsp3) is 0.125. The molecule has 0 amide bonds. The Morgan fingerprint density at radius 3 is 2.62 bits per heavy atom. The molecule has 0 fully saturated rings. The molecule has 0 unspecified atom stereocenters. The molecule has 0 aromatic heterocycles. The van der Waals surface area contributed by atoms with E-state index in [9.17, 15) is 4.79 Å². The first kappa shape index (κ1) is 10.5. The molecule has 0 saturated heterocycles. The van der Waals surface area contributed by atoms with E-state index in [4.69, 9.17) is 5.73 Å². The van der Waals surface area contributed by atoms with Crippen molar-refractivity contribution in [3.63, 3.8) is 0 Å². The molecule has 0 bridgehead atoms. The molecule has 0 atom stereocenters. The van der Waals surface area contributed by atoms with Gasteiger partial charge < -0.3 is 10.5 Å². The van der Waals surface area contributed by atoms with Crippen LogP contribution in [0.15, 0.2) is 21.1 Å². The zero-order valence-electron chi connectivity index (χ0n) is 6.80. The molecule has 0 aliphatic rings. The van der Waals surface area contributed by atoms with E-state index in [1.165, 1.54) is 7.11 Å². The lowest BCUT2D eigenvalue weighted by atomic mass is 10.2. The normalized spacial score (nSPS) is 9.77. The van der Waals surface area contributed by atoms with Crippen molar-refractivity contribution >= 4 is 43.5 Å². The van der Waals surface area contributed by atoms with Crippen LogP contribution in [0.2, 0.25) is 0 Å². The molecule has 0 heterocycles. The molecule has 5 heteroatoms. The van der Waals surface area contributed by atoms with E-state index in [0.717, 1.165) is 4.47 Å². The number of carbonyl (C=O) groups excluding carboxylic acids is 1. The summed E-state index contributed by atoms with van der Waals surface area (Å²) in [5, 5.41) is 0. The predicted octanol–water partition coefficient (Wildman–Crippen LogP) is 2.58. The van der Waals surface area contributed by atoms with E-state index in [1.54, 1.807) is 12.1 Å². The maximum absolute atomic E-state index is 11.2. The number of hydrogen-bond donors (Lipinski definition) is 1. The van der Waals surface area contributed by atoms with Gasteiger partial charge in [0.15, 0.2) is 0 Å². The second kappa shape index (κ2) is 4.11. The standard InChI is InChI=1S/C8H7Br2NO2/c1-13-8(12)4-2-3-5(9)7(11)6(4)10/h2-3H,11H2,1H3. The number of rotatable bonds is 1. The second-order valence-electron chi connectivity index (χ2n) is 2.31. The zero-order chi connectivity index (χ0) is 10.0. The molecule has 2 N–H and O–H groups in total. The highest BCUT2D eigenvalue weighted by Crippen LogP contribution is 2.31. The lowest BCUT2D eigenvalue weighted by molar-refractivity contribution is 0.0600. The van der Waals surface area contributed by atoms with Gasteiger partial charge in [0.1, 0.15) is 0 Å². The summed E-state index contributed by atoms with van der Waals surface area (Å²) in [7, 11) is 1.33. The van der Waals surface area contributed by atoms with Gasteiger partial charge in [0.2, 0.25) is 0 Å². The molecule has 0 spiro atoms. The molecule has 1 rings (SSSR count). The average molecular weight is 309 g/mol. The quantitative estimate of drug-likeness (QED) is 0.641. The minimum atomic E-state index is -0.411. The maximum atomic E-state index is 11.2. The Morgan fingerprint density at radius 2 is 2.08 bits per heavy atom. The number of nitrogens with two attached hydrogens (primary N) is 1. The highest BCUT2D eigenvalue weighted by molar-refractivity contribution is 9.11. The topological polar surface area (TPSA) is 52.3 Å². The van der Waals surface area contributed by atoms with E-state index < -0.39 is 5.97 Å². The van der Waals surface area contributed by atoms with Gasteiger partial charge in [-0.15, -0.1) is 0 Å². The first-order valence-electron chi connectivity index (χ1n) is 3.39. The van der Waals surface area contributed by atoms with Crippen molar-refractivity contribution in [2.24, 2.45) is 0 Å². The Balaban J connectivity index is 3.26. The summed E-state index contributed by atoms with van der Waals surface area (Å²) >= 11 is 6.46. The largest absolute Gasteiger partial charge is 0.465 e. The number of esters is 1. The third-order valence-electron chi connectivity index (χ3n) is 1.53. The van der Waals surface area contributed by atoms with Crippen LogP contribution >= 0.6 is 31.9 Å². The van der Waals surface area contributed by atoms with Crippen LogP contribution in [0.1, 0.15) is 10.4 Å². The summed E-state index contributed by atoms with van der Waals surface area (Å²) in [6.07, 6.45) is 0. The number of benzene rings is 1. The lowest BCUT2D eigenvalue weighted by Gasteiger charge is -2.06. The highest BCUT2D eigenvalue weighted by atomic mass is 79.9. The van der Waals surface area contributed by atoms with E-state index in [0.29, 0.717) is 15.7 Å². The minimum Gasteiger partial charge on any atom is -0.465 e. The van der Waals surface area contributed by atoms with Crippen molar-refractivity contribution in [1.82, 2.24) is 0 Å². The maximum Gasteiger partial charge on any atom is 0.339 e. The van der Waals surface area contributed by atoms with Gasteiger partial charge in [-0.25, -0.2) is 4.79 Å². The van der Waals surface area contributed by atoms with Crippen LogP contribution in [-0.4, -0.2) is 13.1 Å². The van der Waals surface area contributed by atoms with Crippen LogP contribution in [0, 0.1) is 0 Å². The number of nitrogen functional groups attached to an aromatic ring is 1. The number of halogens is 2. The van der Waals surface area contributed by atoms with Crippen molar-refractivity contribution in [3.05, 3.63) is 26.6 Å². The van der Waals surface area contributed by atoms with Crippen LogP contribution in [0.4, 0.5) is 5.69 Å². The summed E-state index contributed by atoms with van der Waals surface area (Å²) < 4.78 is 5.86. The number of hydrogen-bond acceptors (Lipinski definition) is 3. The van der Waals surface area contributed by atoms with E-state index in [-0.39, 0.29) is 0 Å². The Kier molecular flexibility index (Phi) is 3.33. The zero-order valence-corrected chi connectivity index (χ0v) is 9.98. The van der Waals surface area contributed by atoms with Crippen molar-refractivity contribution in [2.75, 3.05) is 12.8 Å². The van der Waals surface area contributed by atoms with E-state index in [2.05, 4.69) is 36.6 Å². The third kappa shape index (κ3) is 2.03. The molecule has 0 aliphatic heterocycles. The van der Waals surface area contributed by atoms with Crippen molar-refractivity contribution in [2.45, 2.75) is 0 Å². The third-order valence-corrected chi connectivity index (χ3v) is 3.08. The monoisotopic (exact) mass is 307 g/mol. The summed E-state index contributed by atoms with van der Waals surface area (Å²) in [5.74, 6) is -0.411. The summed E-state index contributed by atoms with van der Waals surface area (Å²) in [5.41, 5.74) is 6.58. The Hall–Kier alpha value is -0.550. The first-order valence-corrected chi connectivity index (χ1v) is 4.98. The van der Waals surface area contributed by atoms with Crippen LogP contribution in [-0.2, 0) is 4.74 Å². The van der Waals surface area contributed by atoms with Gasteiger partial charge in [-0.2, -0.15) is 0 Å². The predicted molar refractivity (Wildman–Crippen MR) is 57.6 cm³/mol. The Bertz CT molecular complexity index is 352. The molecule has 0 radical (unpaired) electrons. The van der Waals surface area contributed by atoms with Crippen molar-refractivity contribution in [1.29, 1.82) is 0 Å². The summed E-state index contributed by atoms with van der Waals surface area (Å²) in [4.78, 5) is 11.2. The van der Waals surface area contributed by atoms with Crippen molar-refractivity contribution < 1.29 is 9.53 Å². The average Bonchev–Trinajstić information content (AvgIpc) is 2.13. The van der Waals surface area contributed by atoms with Crippen LogP contribution < -0.4 is 5.73 Å². The fourth-order valence-electron chi connectivity index (χ4n) is 0.837. The summed E-state index contributed by atoms with van der Waals surface area (Å²) in [6.45, 7) is 0. The molecule has 1 aromatic rings. The van der Waals surface area contributed by atoms with Gasteiger partial charge in [-0.3, -0.25) is 0 Å². The molecule has 13 heavy (non-hydrogen) atoms. The van der Waals surface area contributed by atoms with Gasteiger partial charge >= 0.3 is 5.97 Å². The molecule has 1 aromatic carbocycles.